The summed E-state index contributed by atoms with van der Waals surface area (Å²) in [4.78, 5) is 27.9. The summed E-state index contributed by atoms with van der Waals surface area (Å²) in [5.74, 6) is -0.137. The van der Waals surface area contributed by atoms with Crippen LogP contribution in [0.4, 0.5) is 10.5 Å². The molecule has 0 unspecified atom stereocenters. The van der Waals surface area contributed by atoms with Gasteiger partial charge in [-0.25, -0.2) is 4.79 Å². The maximum absolute atomic E-state index is 12.5. The fourth-order valence-corrected chi connectivity index (χ4v) is 2.77. The Morgan fingerprint density at radius 2 is 2.00 bits per heavy atom. The van der Waals surface area contributed by atoms with Crippen molar-refractivity contribution in [1.29, 1.82) is 0 Å². The van der Waals surface area contributed by atoms with Gasteiger partial charge in [-0.2, -0.15) is 0 Å². The number of likely N-dealkylation sites (tertiary alicyclic amines) is 1. The summed E-state index contributed by atoms with van der Waals surface area (Å²) < 4.78 is 0. The van der Waals surface area contributed by atoms with Crippen LogP contribution in [-0.2, 0) is 4.79 Å². The number of urea groups is 1. The number of amides is 3. The van der Waals surface area contributed by atoms with Crippen molar-refractivity contribution in [2.45, 2.75) is 26.7 Å². The van der Waals surface area contributed by atoms with E-state index in [1.807, 2.05) is 32.0 Å². The molecule has 22 heavy (non-hydrogen) atoms. The van der Waals surface area contributed by atoms with Crippen molar-refractivity contribution in [2.24, 2.45) is 5.92 Å². The first-order valence-electron chi connectivity index (χ1n) is 7.73. The highest BCUT2D eigenvalue weighted by Crippen LogP contribution is 2.22. The molecule has 1 heterocycles. The van der Waals surface area contributed by atoms with Gasteiger partial charge in [-0.05, 0) is 43.9 Å². The SMILES string of the molecule is Cc1cccc(NC(=O)[C@@H]2CCCN(C(=O)N(C)C)C2)c1C. The smallest absolute Gasteiger partial charge is 0.319 e. The van der Waals surface area contributed by atoms with Gasteiger partial charge in [0.25, 0.3) is 0 Å². The number of piperidine rings is 1. The number of carbonyl (C=O) groups excluding carboxylic acids is 2. The molecule has 1 aliphatic heterocycles. The summed E-state index contributed by atoms with van der Waals surface area (Å²) in [6, 6.07) is 5.87. The Morgan fingerprint density at radius 3 is 2.68 bits per heavy atom. The van der Waals surface area contributed by atoms with Crippen molar-refractivity contribution < 1.29 is 9.59 Å². The van der Waals surface area contributed by atoms with Gasteiger partial charge in [-0.3, -0.25) is 4.79 Å². The Balaban J connectivity index is 2.03. The second kappa shape index (κ2) is 6.81. The van der Waals surface area contributed by atoms with Crippen LogP contribution in [0.5, 0.6) is 0 Å². The van der Waals surface area contributed by atoms with Gasteiger partial charge < -0.3 is 15.1 Å². The van der Waals surface area contributed by atoms with Crippen LogP contribution in [0.1, 0.15) is 24.0 Å². The van der Waals surface area contributed by atoms with Gasteiger partial charge in [0.05, 0.1) is 5.92 Å². The van der Waals surface area contributed by atoms with Gasteiger partial charge in [0, 0.05) is 32.9 Å². The van der Waals surface area contributed by atoms with Crippen molar-refractivity contribution in [3.63, 3.8) is 0 Å². The molecule has 3 amide bonds. The summed E-state index contributed by atoms with van der Waals surface area (Å²) in [5.41, 5.74) is 3.11. The number of hydrogen-bond acceptors (Lipinski definition) is 2. The molecule has 120 valence electrons. The van der Waals surface area contributed by atoms with Crippen LogP contribution < -0.4 is 5.32 Å². The summed E-state index contributed by atoms with van der Waals surface area (Å²) >= 11 is 0. The quantitative estimate of drug-likeness (QED) is 0.913. The molecular weight excluding hydrogens is 278 g/mol. The highest BCUT2D eigenvalue weighted by molar-refractivity contribution is 5.94. The predicted octanol–water partition coefficient (Wildman–Crippen LogP) is 2.64. The molecule has 0 bridgehead atoms. The Morgan fingerprint density at radius 1 is 1.27 bits per heavy atom. The van der Waals surface area contributed by atoms with Crippen molar-refractivity contribution in [3.8, 4) is 0 Å². The van der Waals surface area contributed by atoms with Gasteiger partial charge in [-0.1, -0.05) is 12.1 Å². The van der Waals surface area contributed by atoms with Crippen LogP contribution in [-0.4, -0.2) is 48.9 Å². The molecule has 5 heteroatoms. The van der Waals surface area contributed by atoms with Crippen LogP contribution in [0.3, 0.4) is 0 Å². The first-order chi connectivity index (χ1) is 10.4. The summed E-state index contributed by atoms with van der Waals surface area (Å²) in [6.07, 6.45) is 1.69. The standard InChI is InChI=1S/C17H25N3O2/c1-12-7-5-9-15(13(12)2)18-16(21)14-8-6-10-20(11-14)17(22)19(3)4/h5,7,9,14H,6,8,10-11H2,1-4H3,(H,18,21)/t14-/m1/s1. The van der Waals surface area contributed by atoms with Gasteiger partial charge >= 0.3 is 6.03 Å². The van der Waals surface area contributed by atoms with Gasteiger partial charge in [0.15, 0.2) is 0 Å². The minimum absolute atomic E-state index is 0.00459. The lowest BCUT2D eigenvalue weighted by Gasteiger charge is -2.33. The Labute approximate surface area is 132 Å². The van der Waals surface area contributed by atoms with E-state index in [9.17, 15) is 9.59 Å². The third-order valence-electron chi connectivity index (χ3n) is 4.31. The predicted molar refractivity (Wildman–Crippen MR) is 87.9 cm³/mol. The lowest BCUT2D eigenvalue weighted by molar-refractivity contribution is -0.121. The van der Waals surface area contributed by atoms with Gasteiger partial charge in [-0.15, -0.1) is 0 Å². The number of aryl methyl sites for hydroxylation is 1. The van der Waals surface area contributed by atoms with Crippen LogP contribution in [0.15, 0.2) is 18.2 Å². The third kappa shape index (κ3) is 3.59. The van der Waals surface area contributed by atoms with Crippen LogP contribution in [0, 0.1) is 19.8 Å². The molecular formula is C17H25N3O2. The van der Waals surface area contributed by atoms with E-state index >= 15 is 0 Å². The van der Waals surface area contributed by atoms with Crippen molar-refractivity contribution >= 4 is 17.6 Å². The second-order valence-corrected chi connectivity index (χ2v) is 6.20. The molecule has 0 saturated carbocycles. The number of rotatable bonds is 2. The summed E-state index contributed by atoms with van der Waals surface area (Å²) in [7, 11) is 3.48. The Hall–Kier alpha value is -2.04. The first-order valence-corrected chi connectivity index (χ1v) is 7.73. The lowest BCUT2D eigenvalue weighted by atomic mass is 9.97. The molecule has 1 aliphatic rings. The molecule has 1 aromatic rings. The third-order valence-corrected chi connectivity index (χ3v) is 4.31. The van der Waals surface area contributed by atoms with E-state index in [0.717, 1.165) is 36.2 Å². The highest BCUT2D eigenvalue weighted by atomic mass is 16.2. The monoisotopic (exact) mass is 303 g/mol. The molecule has 1 saturated heterocycles. The molecule has 1 fully saturated rings. The average molecular weight is 303 g/mol. The number of hydrogen-bond donors (Lipinski definition) is 1. The number of nitrogens with zero attached hydrogens (tertiary/aromatic N) is 2. The molecule has 0 aliphatic carbocycles. The molecule has 0 radical (unpaired) electrons. The fourth-order valence-electron chi connectivity index (χ4n) is 2.77. The van der Waals surface area contributed by atoms with Crippen LogP contribution >= 0.6 is 0 Å². The van der Waals surface area contributed by atoms with Gasteiger partial charge in [0.2, 0.25) is 5.91 Å². The number of benzene rings is 1. The van der Waals surface area contributed by atoms with E-state index in [-0.39, 0.29) is 17.9 Å². The van der Waals surface area contributed by atoms with Crippen molar-refractivity contribution in [1.82, 2.24) is 9.80 Å². The fraction of sp³-hybridized carbons (Fsp3) is 0.529. The summed E-state index contributed by atoms with van der Waals surface area (Å²) in [6.45, 7) is 5.26. The molecule has 5 nitrogen and oxygen atoms in total. The number of nitrogens with one attached hydrogen (secondary N) is 1. The average Bonchev–Trinajstić information content (AvgIpc) is 2.51. The zero-order valence-electron chi connectivity index (χ0n) is 13.8. The van der Waals surface area contributed by atoms with E-state index in [0.29, 0.717) is 6.54 Å². The topological polar surface area (TPSA) is 52.7 Å². The summed E-state index contributed by atoms with van der Waals surface area (Å²) in [5, 5.41) is 3.02. The van der Waals surface area contributed by atoms with Gasteiger partial charge in [0.1, 0.15) is 0 Å². The lowest BCUT2D eigenvalue weighted by Crippen LogP contribution is -2.47. The number of anilines is 1. The van der Waals surface area contributed by atoms with Crippen LogP contribution in [0.2, 0.25) is 0 Å². The molecule has 0 aromatic heterocycles. The highest BCUT2D eigenvalue weighted by Gasteiger charge is 2.29. The number of carbonyl (C=O) groups is 2. The van der Waals surface area contributed by atoms with E-state index in [4.69, 9.17) is 0 Å². The van der Waals surface area contributed by atoms with E-state index in [1.54, 1.807) is 23.9 Å². The molecule has 1 N–H and O–H groups in total. The largest absolute Gasteiger partial charge is 0.331 e. The Bertz CT molecular complexity index is 569. The second-order valence-electron chi connectivity index (χ2n) is 6.20. The minimum Gasteiger partial charge on any atom is -0.331 e. The van der Waals surface area contributed by atoms with E-state index < -0.39 is 0 Å². The maximum atomic E-state index is 12.5. The minimum atomic E-state index is -0.141. The molecule has 1 atom stereocenters. The normalized spacial score (nSPS) is 18.0. The maximum Gasteiger partial charge on any atom is 0.319 e. The molecule has 0 spiro atoms. The first kappa shape index (κ1) is 16.3. The van der Waals surface area contributed by atoms with E-state index in [2.05, 4.69) is 5.32 Å². The zero-order valence-corrected chi connectivity index (χ0v) is 13.8. The van der Waals surface area contributed by atoms with E-state index in [1.165, 1.54) is 0 Å². The van der Waals surface area contributed by atoms with Crippen LogP contribution in [0.25, 0.3) is 0 Å². The zero-order chi connectivity index (χ0) is 16.3. The molecule has 2 rings (SSSR count). The van der Waals surface area contributed by atoms with Crippen molar-refractivity contribution in [3.05, 3.63) is 29.3 Å². The Kier molecular flexibility index (Phi) is 5.06. The van der Waals surface area contributed by atoms with Crippen molar-refractivity contribution in [2.75, 3.05) is 32.5 Å². The molecule has 1 aromatic carbocycles.